The third-order valence-corrected chi connectivity index (χ3v) is 2.32. The second kappa shape index (κ2) is 4.25. The first kappa shape index (κ1) is 11.9. The molecular weight excluding hydrogens is 168 g/mol. The smallest absolute Gasteiger partial charge is 0.309 e. The zero-order valence-electron chi connectivity index (χ0n) is 8.46. The van der Waals surface area contributed by atoms with Crippen molar-refractivity contribution in [2.24, 2.45) is 22.8 Å². The van der Waals surface area contributed by atoms with Crippen molar-refractivity contribution in [3.63, 3.8) is 0 Å². The van der Waals surface area contributed by atoms with Crippen molar-refractivity contribution in [1.82, 2.24) is 0 Å². The van der Waals surface area contributed by atoms with E-state index in [0.29, 0.717) is 11.7 Å². The van der Waals surface area contributed by atoms with Gasteiger partial charge in [0.05, 0.1) is 0 Å². The van der Waals surface area contributed by atoms with E-state index in [9.17, 15) is 4.79 Å². The Labute approximate surface area is 78.7 Å². The maximum Gasteiger partial charge on any atom is 0.309 e. The van der Waals surface area contributed by atoms with Crippen molar-refractivity contribution >= 4 is 11.8 Å². The Hall–Kier alpha value is -1.06. The van der Waals surface area contributed by atoms with Crippen molar-refractivity contribution in [3.8, 4) is 0 Å². The fraction of sp³-hybridized carbons (Fsp3) is 0.778. The van der Waals surface area contributed by atoms with E-state index in [0.717, 1.165) is 12.8 Å². The lowest BCUT2D eigenvalue weighted by Gasteiger charge is -2.13. The van der Waals surface area contributed by atoms with Gasteiger partial charge in [0.2, 0.25) is 0 Å². The number of Topliss-reactive ketones (excluding diaryl/α,β-unsaturated/α-hetero) is 1. The molecule has 0 radical (unpaired) electrons. The van der Waals surface area contributed by atoms with E-state index >= 15 is 0 Å². The van der Waals surface area contributed by atoms with Crippen LogP contribution in [-0.2, 0) is 4.79 Å². The van der Waals surface area contributed by atoms with Gasteiger partial charge < -0.3 is 11.5 Å². The van der Waals surface area contributed by atoms with Crippen LogP contribution in [0.5, 0.6) is 0 Å². The fourth-order valence-electron chi connectivity index (χ4n) is 1.50. The Morgan fingerprint density at radius 2 is 1.85 bits per heavy atom. The Kier molecular flexibility index (Phi) is 3.91. The quantitative estimate of drug-likeness (QED) is 0.592. The van der Waals surface area contributed by atoms with Gasteiger partial charge in [-0.2, -0.15) is 0 Å². The van der Waals surface area contributed by atoms with Crippen LogP contribution < -0.4 is 11.5 Å². The number of primary amides is 2. The Bertz CT molecular complexity index is 208. The van der Waals surface area contributed by atoms with Crippen LogP contribution in [0.1, 0.15) is 33.6 Å². The predicted octanol–water partition coefficient (Wildman–Crippen LogP) is 1.04. The average molecular weight is 186 g/mol. The number of ketones is 1. The van der Waals surface area contributed by atoms with Crippen LogP contribution in [0.4, 0.5) is 4.79 Å². The van der Waals surface area contributed by atoms with Gasteiger partial charge in [-0.25, -0.2) is 4.79 Å². The number of hydrogen-bond donors (Lipinski definition) is 2. The number of amides is 2. The molecule has 13 heavy (non-hydrogen) atoms. The van der Waals surface area contributed by atoms with Crippen molar-refractivity contribution < 1.29 is 9.59 Å². The maximum atomic E-state index is 11.2. The molecule has 0 aromatic heterocycles. The SMILES string of the molecule is CC1CCC(C)(C)C1=O.NC(N)=O. The predicted molar refractivity (Wildman–Crippen MR) is 51.0 cm³/mol. The lowest BCUT2D eigenvalue weighted by molar-refractivity contribution is -0.127. The van der Waals surface area contributed by atoms with Gasteiger partial charge in [0.25, 0.3) is 0 Å². The van der Waals surface area contributed by atoms with E-state index in [2.05, 4.69) is 11.5 Å². The van der Waals surface area contributed by atoms with E-state index in [1.54, 1.807) is 0 Å². The topological polar surface area (TPSA) is 86.2 Å². The first-order chi connectivity index (χ1) is 5.77. The number of carbonyl (C=O) groups is 2. The second-order valence-electron chi connectivity index (χ2n) is 4.09. The first-order valence-electron chi connectivity index (χ1n) is 4.36. The van der Waals surface area contributed by atoms with Crippen LogP contribution in [-0.4, -0.2) is 11.8 Å². The summed E-state index contributed by atoms with van der Waals surface area (Å²) in [6.07, 6.45) is 2.17. The molecule has 1 aliphatic rings. The zero-order valence-corrected chi connectivity index (χ0v) is 8.46. The monoisotopic (exact) mass is 186 g/mol. The highest BCUT2D eigenvalue weighted by Crippen LogP contribution is 2.36. The van der Waals surface area contributed by atoms with Gasteiger partial charge in [0, 0.05) is 11.3 Å². The van der Waals surface area contributed by atoms with Gasteiger partial charge >= 0.3 is 6.03 Å². The van der Waals surface area contributed by atoms with Crippen molar-refractivity contribution in [1.29, 1.82) is 0 Å². The Morgan fingerprint density at radius 1 is 1.46 bits per heavy atom. The van der Waals surface area contributed by atoms with Gasteiger partial charge in [0.1, 0.15) is 5.78 Å². The molecule has 1 fully saturated rings. The molecule has 4 heteroatoms. The minimum absolute atomic E-state index is 0.0145. The standard InChI is InChI=1S/C8H14O.CH4N2O/c1-6-4-5-8(2,3)7(6)9;2-1(3)4/h6H,4-5H2,1-3H3;(H4,2,3,4). The summed E-state index contributed by atoms with van der Waals surface area (Å²) in [7, 11) is 0. The van der Waals surface area contributed by atoms with Crippen LogP contribution in [0.25, 0.3) is 0 Å². The average Bonchev–Trinajstić information content (AvgIpc) is 2.16. The summed E-state index contributed by atoms with van der Waals surface area (Å²) in [6, 6.07) is -0.833. The second-order valence-corrected chi connectivity index (χ2v) is 4.09. The highest BCUT2D eigenvalue weighted by Gasteiger charge is 2.37. The van der Waals surface area contributed by atoms with E-state index in [1.165, 1.54) is 0 Å². The summed E-state index contributed by atoms with van der Waals surface area (Å²) in [5, 5.41) is 0. The molecular formula is C9H18N2O2. The lowest BCUT2D eigenvalue weighted by Crippen LogP contribution is -2.19. The summed E-state index contributed by atoms with van der Waals surface area (Å²) in [5.41, 5.74) is 8.49. The number of hydrogen-bond acceptors (Lipinski definition) is 2. The van der Waals surface area contributed by atoms with Crippen LogP contribution in [0.15, 0.2) is 0 Å². The molecule has 1 aliphatic carbocycles. The van der Waals surface area contributed by atoms with Crippen molar-refractivity contribution in [2.75, 3.05) is 0 Å². The van der Waals surface area contributed by atoms with Crippen molar-refractivity contribution in [3.05, 3.63) is 0 Å². The molecule has 4 N–H and O–H groups in total. The van der Waals surface area contributed by atoms with Gasteiger partial charge in [-0.1, -0.05) is 20.8 Å². The molecule has 1 atom stereocenters. The van der Waals surface area contributed by atoms with Gasteiger partial charge in [0.15, 0.2) is 0 Å². The third-order valence-electron chi connectivity index (χ3n) is 2.32. The molecule has 0 aliphatic heterocycles. The number of carbonyl (C=O) groups excluding carboxylic acids is 2. The van der Waals surface area contributed by atoms with Gasteiger partial charge in [-0.05, 0) is 12.8 Å². The number of rotatable bonds is 0. The lowest BCUT2D eigenvalue weighted by atomic mass is 9.89. The summed E-state index contributed by atoms with van der Waals surface area (Å²) in [5.74, 6) is 0.766. The molecule has 0 aromatic rings. The maximum absolute atomic E-state index is 11.2. The van der Waals surface area contributed by atoms with Gasteiger partial charge in [-0.3, -0.25) is 4.79 Å². The summed E-state index contributed by atoms with van der Waals surface area (Å²) in [6.45, 7) is 6.11. The molecule has 1 unspecified atom stereocenters. The Balaban J connectivity index is 0.000000310. The molecule has 0 aromatic carbocycles. The van der Waals surface area contributed by atoms with Crippen LogP contribution in [0, 0.1) is 11.3 Å². The Morgan fingerprint density at radius 3 is 1.92 bits per heavy atom. The summed E-state index contributed by atoms with van der Waals surface area (Å²) >= 11 is 0. The fourth-order valence-corrected chi connectivity index (χ4v) is 1.50. The molecule has 4 nitrogen and oxygen atoms in total. The summed E-state index contributed by atoms with van der Waals surface area (Å²) in [4.78, 5) is 20.2. The van der Waals surface area contributed by atoms with Gasteiger partial charge in [-0.15, -0.1) is 0 Å². The zero-order chi connectivity index (χ0) is 10.6. The molecule has 76 valence electrons. The molecule has 0 saturated heterocycles. The first-order valence-corrected chi connectivity index (χ1v) is 4.36. The van der Waals surface area contributed by atoms with E-state index in [4.69, 9.17) is 4.79 Å². The molecule has 0 bridgehead atoms. The highest BCUT2D eigenvalue weighted by molar-refractivity contribution is 5.87. The molecule has 2 amide bonds. The number of urea groups is 1. The van der Waals surface area contributed by atoms with E-state index in [-0.39, 0.29) is 5.41 Å². The summed E-state index contributed by atoms with van der Waals surface area (Å²) < 4.78 is 0. The minimum atomic E-state index is -0.833. The van der Waals surface area contributed by atoms with Crippen LogP contribution in [0.3, 0.4) is 0 Å². The van der Waals surface area contributed by atoms with E-state index < -0.39 is 6.03 Å². The molecule has 1 saturated carbocycles. The highest BCUT2D eigenvalue weighted by atomic mass is 16.2. The third kappa shape index (κ3) is 3.92. The number of nitrogens with two attached hydrogens (primary N) is 2. The molecule has 0 heterocycles. The van der Waals surface area contributed by atoms with Crippen LogP contribution in [0.2, 0.25) is 0 Å². The normalized spacial score (nSPS) is 24.8. The van der Waals surface area contributed by atoms with Crippen LogP contribution >= 0.6 is 0 Å². The molecule has 0 spiro atoms. The molecule has 1 rings (SSSR count). The largest absolute Gasteiger partial charge is 0.352 e. The van der Waals surface area contributed by atoms with E-state index in [1.807, 2.05) is 20.8 Å². The van der Waals surface area contributed by atoms with Crippen molar-refractivity contribution in [2.45, 2.75) is 33.6 Å². The minimum Gasteiger partial charge on any atom is -0.352 e.